The van der Waals surface area contributed by atoms with Crippen molar-refractivity contribution in [2.45, 2.75) is 51.4 Å². The van der Waals surface area contributed by atoms with Crippen LogP contribution < -0.4 is 0 Å². The highest BCUT2D eigenvalue weighted by Crippen LogP contribution is 2.33. The van der Waals surface area contributed by atoms with Crippen molar-refractivity contribution in [3.63, 3.8) is 0 Å². The van der Waals surface area contributed by atoms with Crippen LogP contribution in [0.25, 0.3) is 16.9 Å². The second-order valence-electron chi connectivity index (χ2n) is 8.48. The van der Waals surface area contributed by atoms with E-state index in [-0.39, 0.29) is 0 Å². The molecule has 0 N–H and O–H groups in total. The molecule has 5 rings (SSSR count). The van der Waals surface area contributed by atoms with E-state index in [0.717, 1.165) is 18.0 Å². The molecule has 0 atom stereocenters. The van der Waals surface area contributed by atoms with Crippen LogP contribution in [0.3, 0.4) is 0 Å². The Morgan fingerprint density at radius 1 is 0.862 bits per heavy atom. The topological polar surface area (TPSA) is 17.3 Å². The normalized spacial score (nSPS) is 15.1. The lowest BCUT2D eigenvalue weighted by Gasteiger charge is -2.22. The molecule has 1 fully saturated rings. The number of aryl methyl sites for hydroxylation is 1. The van der Waals surface area contributed by atoms with Gasteiger partial charge in [0, 0.05) is 18.8 Å². The Kier molecular flexibility index (Phi) is 4.93. The Labute approximate surface area is 173 Å². The first-order chi connectivity index (χ1) is 14.3. The maximum atomic E-state index is 4.67. The van der Waals surface area contributed by atoms with Gasteiger partial charge in [-0.3, -0.25) is 4.40 Å². The first-order valence-electron chi connectivity index (χ1n) is 10.9. The van der Waals surface area contributed by atoms with Crippen LogP contribution >= 0.6 is 0 Å². The highest BCUT2D eigenvalue weighted by Gasteiger charge is 2.15. The van der Waals surface area contributed by atoms with Gasteiger partial charge in [-0.05, 0) is 54.0 Å². The Balaban J connectivity index is 1.42. The van der Waals surface area contributed by atoms with Crippen molar-refractivity contribution >= 4 is 5.65 Å². The molecule has 0 saturated heterocycles. The SMILES string of the molecule is Cc1ccc(-c2ccc(Cc3ccc(C4CCCCC4)cc3)c3nccn23)cc1. The van der Waals surface area contributed by atoms with Crippen LogP contribution in [0.2, 0.25) is 0 Å². The van der Waals surface area contributed by atoms with Crippen LogP contribution in [-0.2, 0) is 6.42 Å². The number of pyridine rings is 1. The average Bonchev–Trinajstić information content (AvgIpc) is 3.26. The van der Waals surface area contributed by atoms with Crippen molar-refractivity contribution in [2.24, 2.45) is 0 Å². The van der Waals surface area contributed by atoms with Gasteiger partial charge in [0.2, 0.25) is 0 Å². The van der Waals surface area contributed by atoms with Crippen molar-refractivity contribution in [2.75, 3.05) is 0 Å². The maximum absolute atomic E-state index is 4.67. The number of aromatic nitrogens is 2. The van der Waals surface area contributed by atoms with Crippen molar-refractivity contribution in [3.05, 3.63) is 95.3 Å². The summed E-state index contributed by atoms with van der Waals surface area (Å²) < 4.78 is 2.22. The third-order valence-electron chi connectivity index (χ3n) is 6.43. The monoisotopic (exact) mass is 380 g/mol. The van der Waals surface area contributed by atoms with Gasteiger partial charge in [0.25, 0.3) is 0 Å². The van der Waals surface area contributed by atoms with Crippen molar-refractivity contribution in [1.29, 1.82) is 0 Å². The number of nitrogens with zero attached hydrogens (tertiary/aromatic N) is 2. The highest BCUT2D eigenvalue weighted by molar-refractivity contribution is 5.66. The molecule has 0 radical (unpaired) electrons. The van der Waals surface area contributed by atoms with E-state index in [4.69, 9.17) is 0 Å². The molecule has 1 aliphatic rings. The summed E-state index contributed by atoms with van der Waals surface area (Å²) in [4.78, 5) is 4.67. The summed E-state index contributed by atoms with van der Waals surface area (Å²) in [5.74, 6) is 0.769. The summed E-state index contributed by atoms with van der Waals surface area (Å²) in [6.45, 7) is 2.12. The van der Waals surface area contributed by atoms with Gasteiger partial charge in [0.15, 0.2) is 0 Å². The first-order valence-corrected chi connectivity index (χ1v) is 10.9. The zero-order valence-electron chi connectivity index (χ0n) is 17.1. The minimum absolute atomic E-state index is 0.769. The second-order valence-corrected chi connectivity index (χ2v) is 8.48. The van der Waals surface area contributed by atoms with Gasteiger partial charge in [-0.1, -0.05) is 79.4 Å². The summed E-state index contributed by atoms with van der Waals surface area (Å²) in [6.07, 6.45) is 11.8. The molecule has 2 heteroatoms. The fraction of sp³-hybridized carbons (Fsp3) is 0.296. The first kappa shape index (κ1) is 18.2. The largest absolute Gasteiger partial charge is 0.299 e. The molecule has 0 bridgehead atoms. The van der Waals surface area contributed by atoms with Crippen LogP contribution in [0.1, 0.15) is 60.3 Å². The van der Waals surface area contributed by atoms with Gasteiger partial charge in [-0.15, -0.1) is 0 Å². The fourth-order valence-electron chi connectivity index (χ4n) is 4.73. The van der Waals surface area contributed by atoms with Gasteiger partial charge in [0.05, 0.1) is 5.69 Å². The molecule has 1 aliphatic carbocycles. The highest BCUT2D eigenvalue weighted by atomic mass is 15.0. The van der Waals surface area contributed by atoms with E-state index >= 15 is 0 Å². The van der Waals surface area contributed by atoms with E-state index in [1.807, 2.05) is 6.20 Å². The number of fused-ring (bicyclic) bond motifs is 1. The van der Waals surface area contributed by atoms with E-state index in [2.05, 4.69) is 83.2 Å². The summed E-state index contributed by atoms with van der Waals surface area (Å²) in [6, 6.07) is 22.5. The van der Waals surface area contributed by atoms with Crippen LogP contribution in [0.4, 0.5) is 0 Å². The number of imidazole rings is 1. The predicted molar refractivity (Wildman–Crippen MR) is 120 cm³/mol. The lowest BCUT2D eigenvalue weighted by atomic mass is 9.84. The van der Waals surface area contributed by atoms with E-state index in [0.29, 0.717) is 0 Å². The van der Waals surface area contributed by atoms with Crippen molar-refractivity contribution < 1.29 is 0 Å². The zero-order valence-corrected chi connectivity index (χ0v) is 17.1. The van der Waals surface area contributed by atoms with Gasteiger partial charge >= 0.3 is 0 Å². The zero-order chi connectivity index (χ0) is 19.6. The number of hydrogen-bond donors (Lipinski definition) is 0. The molecule has 1 saturated carbocycles. The smallest absolute Gasteiger partial charge is 0.140 e. The molecule has 0 amide bonds. The van der Waals surface area contributed by atoms with Gasteiger partial charge < -0.3 is 0 Å². The van der Waals surface area contributed by atoms with Crippen LogP contribution in [0.5, 0.6) is 0 Å². The molecule has 2 aromatic heterocycles. The Hall–Kier alpha value is -2.87. The van der Waals surface area contributed by atoms with E-state index < -0.39 is 0 Å². The standard InChI is InChI=1S/C27H28N2/c1-20-7-11-24(12-8-20)26-16-15-25(27-28-17-18-29(26)27)19-21-9-13-23(14-10-21)22-5-3-2-4-6-22/h7-18,22H,2-6,19H2,1H3. The third-order valence-corrected chi connectivity index (χ3v) is 6.43. The lowest BCUT2D eigenvalue weighted by molar-refractivity contribution is 0.443. The summed E-state index contributed by atoms with van der Waals surface area (Å²) in [7, 11) is 0. The van der Waals surface area contributed by atoms with E-state index in [9.17, 15) is 0 Å². The van der Waals surface area contributed by atoms with Gasteiger partial charge in [0.1, 0.15) is 5.65 Å². The molecule has 146 valence electrons. The quantitative estimate of drug-likeness (QED) is 0.374. The fourth-order valence-corrected chi connectivity index (χ4v) is 4.73. The molecule has 0 spiro atoms. The minimum Gasteiger partial charge on any atom is -0.299 e. The number of rotatable bonds is 4. The van der Waals surface area contributed by atoms with Crippen LogP contribution in [0.15, 0.2) is 73.1 Å². The Morgan fingerprint density at radius 3 is 2.38 bits per heavy atom. The molecule has 2 nitrogen and oxygen atoms in total. The molecule has 4 aromatic rings. The van der Waals surface area contributed by atoms with Gasteiger partial charge in [-0.25, -0.2) is 4.98 Å². The summed E-state index contributed by atoms with van der Waals surface area (Å²) in [5.41, 5.74) is 8.90. The van der Waals surface area contributed by atoms with Crippen molar-refractivity contribution in [3.8, 4) is 11.3 Å². The van der Waals surface area contributed by atoms with E-state index in [1.54, 1.807) is 0 Å². The van der Waals surface area contributed by atoms with Crippen LogP contribution in [0, 0.1) is 6.92 Å². The number of hydrogen-bond acceptors (Lipinski definition) is 1. The molecular formula is C27H28N2. The summed E-state index contributed by atoms with van der Waals surface area (Å²) in [5, 5.41) is 0. The molecule has 2 aromatic carbocycles. The molecule has 0 aliphatic heterocycles. The minimum atomic E-state index is 0.769. The lowest BCUT2D eigenvalue weighted by Crippen LogP contribution is -2.04. The Morgan fingerprint density at radius 2 is 1.62 bits per heavy atom. The molecular weight excluding hydrogens is 352 g/mol. The molecule has 0 unspecified atom stereocenters. The predicted octanol–water partition coefficient (Wildman–Crippen LogP) is 6.95. The van der Waals surface area contributed by atoms with Crippen molar-refractivity contribution in [1.82, 2.24) is 9.38 Å². The second kappa shape index (κ2) is 7.87. The Bertz CT molecular complexity index is 1100. The third kappa shape index (κ3) is 3.72. The number of benzene rings is 2. The molecule has 29 heavy (non-hydrogen) atoms. The van der Waals surface area contributed by atoms with Gasteiger partial charge in [-0.2, -0.15) is 0 Å². The van der Waals surface area contributed by atoms with Crippen LogP contribution in [-0.4, -0.2) is 9.38 Å². The average molecular weight is 381 g/mol. The maximum Gasteiger partial charge on any atom is 0.140 e. The molecule has 2 heterocycles. The summed E-state index contributed by atoms with van der Waals surface area (Å²) >= 11 is 0. The van der Waals surface area contributed by atoms with E-state index in [1.165, 1.54) is 65.6 Å².